The second-order valence-electron chi connectivity index (χ2n) is 6.21. The number of aliphatic hydroxyl groups is 1. The zero-order valence-electron chi connectivity index (χ0n) is 13.7. The molecule has 0 aromatic heterocycles. The largest absolute Gasteiger partial charge is 0.376 e. The highest BCUT2D eigenvalue weighted by molar-refractivity contribution is 8.93. The third-order valence-corrected chi connectivity index (χ3v) is 4.47. The van der Waals surface area contributed by atoms with Crippen molar-refractivity contribution in [1.82, 2.24) is 5.32 Å². The van der Waals surface area contributed by atoms with Gasteiger partial charge in [0.25, 0.3) is 0 Å². The van der Waals surface area contributed by atoms with E-state index in [4.69, 9.17) is 0 Å². The quantitative estimate of drug-likeness (QED) is 0.780. The van der Waals surface area contributed by atoms with E-state index in [2.05, 4.69) is 29.3 Å². The average Bonchev–Trinajstić information content (AvgIpc) is 2.61. The number of hydrogen-bond donors (Lipinski definition) is 2. The lowest BCUT2D eigenvalue weighted by atomic mass is 9.80. The lowest BCUT2D eigenvalue weighted by Gasteiger charge is -2.36. The van der Waals surface area contributed by atoms with Crippen molar-refractivity contribution in [2.45, 2.75) is 43.9 Å². The number of hydrogen-bond acceptors (Lipinski definition) is 2. The van der Waals surface area contributed by atoms with Gasteiger partial charge < -0.3 is 10.4 Å². The first-order valence-corrected chi connectivity index (χ1v) is 8.34. The summed E-state index contributed by atoms with van der Waals surface area (Å²) in [6, 6.07) is 20.2. The van der Waals surface area contributed by atoms with Crippen LogP contribution in [0, 0.1) is 11.8 Å². The maximum absolute atomic E-state index is 11.0. The Labute approximate surface area is 155 Å². The van der Waals surface area contributed by atoms with Crippen LogP contribution in [-0.4, -0.2) is 16.7 Å². The molecule has 0 unspecified atom stereocenters. The van der Waals surface area contributed by atoms with Gasteiger partial charge in [0.1, 0.15) is 5.60 Å². The van der Waals surface area contributed by atoms with Gasteiger partial charge >= 0.3 is 0 Å². The van der Waals surface area contributed by atoms with Gasteiger partial charge in [-0.1, -0.05) is 66.8 Å². The average molecular weight is 386 g/mol. The van der Waals surface area contributed by atoms with Crippen LogP contribution in [0.2, 0.25) is 0 Å². The summed E-state index contributed by atoms with van der Waals surface area (Å²) in [5, 5.41) is 14.5. The summed E-state index contributed by atoms with van der Waals surface area (Å²) in [6.07, 6.45) is 3.87. The second-order valence-corrected chi connectivity index (χ2v) is 6.21. The summed E-state index contributed by atoms with van der Waals surface area (Å²) in [6.45, 7) is 0.765. The molecule has 126 valence electrons. The van der Waals surface area contributed by atoms with Gasteiger partial charge in [-0.25, -0.2) is 0 Å². The Hall–Kier alpha value is -1.60. The lowest BCUT2D eigenvalue weighted by Crippen LogP contribution is -2.51. The maximum Gasteiger partial charge on any atom is 0.141 e. The topological polar surface area (TPSA) is 32.3 Å². The Bertz CT molecular complexity index is 677. The summed E-state index contributed by atoms with van der Waals surface area (Å²) in [5.74, 6) is 6.29. The second kappa shape index (κ2) is 9.03. The van der Waals surface area contributed by atoms with Gasteiger partial charge in [0.15, 0.2) is 0 Å². The normalized spacial score (nSPS) is 22.8. The van der Waals surface area contributed by atoms with E-state index in [9.17, 15) is 5.11 Å². The Morgan fingerprint density at radius 3 is 2.38 bits per heavy atom. The van der Waals surface area contributed by atoms with E-state index in [0.717, 1.165) is 37.8 Å². The summed E-state index contributed by atoms with van der Waals surface area (Å²) in [5.41, 5.74) is 1.24. The van der Waals surface area contributed by atoms with Gasteiger partial charge in [-0.2, -0.15) is 0 Å². The number of rotatable bonds is 3. The molecule has 2 atom stereocenters. The van der Waals surface area contributed by atoms with Crippen LogP contribution in [0.3, 0.4) is 0 Å². The van der Waals surface area contributed by atoms with Crippen LogP contribution >= 0.6 is 17.0 Å². The van der Waals surface area contributed by atoms with Crippen molar-refractivity contribution in [1.29, 1.82) is 0 Å². The van der Waals surface area contributed by atoms with Crippen molar-refractivity contribution < 1.29 is 5.11 Å². The van der Waals surface area contributed by atoms with Crippen LogP contribution < -0.4 is 5.32 Å². The first-order chi connectivity index (χ1) is 11.3. The van der Waals surface area contributed by atoms with E-state index >= 15 is 0 Å². The van der Waals surface area contributed by atoms with E-state index < -0.39 is 5.60 Å². The first kappa shape index (κ1) is 18.7. The Balaban J connectivity index is 0.00000208. The van der Waals surface area contributed by atoms with Crippen molar-refractivity contribution >= 4 is 17.0 Å². The van der Waals surface area contributed by atoms with Crippen molar-refractivity contribution in [3.63, 3.8) is 0 Å². The zero-order valence-corrected chi connectivity index (χ0v) is 15.5. The van der Waals surface area contributed by atoms with E-state index in [1.807, 2.05) is 48.5 Å². The number of benzene rings is 2. The minimum atomic E-state index is -0.942. The SMILES string of the molecule is Br.O[C@]1(C#Cc2ccccc2)CCCC[C@H]1NCc1ccccc1. The smallest absolute Gasteiger partial charge is 0.141 e. The molecular formula is C21H24BrNO. The molecule has 24 heavy (non-hydrogen) atoms. The molecular weight excluding hydrogens is 362 g/mol. The third-order valence-electron chi connectivity index (χ3n) is 4.47. The fourth-order valence-electron chi connectivity index (χ4n) is 3.12. The molecule has 0 aliphatic heterocycles. The van der Waals surface area contributed by atoms with Crippen LogP contribution in [0.5, 0.6) is 0 Å². The third kappa shape index (κ3) is 4.95. The Morgan fingerprint density at radius 2 is 1.67 bits per heavy atom. The van der Waals surface area contributed by atoms with Crippen LogP contribution in [0.4, 0.5) is 0 Å². The first-order valence-electron chi connectivity index (χ1n) is 8.34. The minimum Gasteiger partial charge on any atom is -0.376 e. The van der Waals surface area contributed by atoms with Gasteiger partial charge in [-0.15, -0.1) is 17.0 Å². The maximum atomic E-state index is 11.0. The molecule has 3 rings (SSSR count). The van der Waals surface area contributed by atoms with Gasteiger partial charge in [0.2, 0.25) is 0 Å². The Kier molecular flexibility index (Phi) is 7.05. The highest BCUT2D eigenvalue weighted by Gasteiger charge is 2.37. The van der Waals surface area contributed by atoms with E-state index in [-0.39, 0.29) is 23.0 Å². The van der Waals surface area contributed by atoms with Crippen molar-refractivity contribution in [3.8, 4) is 11.8 Å². The van der Waals surface area contributed by atoms with E-state index in [0.29, 0.717) is 0 Å². The van der Waals surface area contributed by atoms with Crippen molar-refractivity contribution in [2.24, 2.45) is 0 Å². The number of halogens is 1. The monoisotopic (exact) mass is 385 g/mol. The summed E-state index contributed by atoms with van der Waals surface area (Å²) in [4.78, 5) is 0. The highest BCUT2D eigenvalue weighted by atomic mass is 79.9. The molecule has 1 aliphatic carbocycles. The van der Waals surface area contributed by atoms with E-state index in [1.54, 1.807) is 0 Å². The van der Waals surface area contributed by atoms with E-state index in [1.165, 1.54) is 5.56 Å². The molecule has 2 N–H and O–H groups in total. The standard InChI is InChI=1S/C21H23NO.BrH/c23-21(16-14-18-9-3-1-4-10-18)15-8-7-13-20(21)22-17-19-11-5-2-6-12-19;/h1-6,9-12,20,22-23H,7-8,13,15,17H2;1H/t20-,21+;/m1./s1. The predicted molar refractivity (Wildman–Crippen MR) is 104 cm³/mol. The lowest BCUT2D eigenvalue weighted by molar-refractivity contribution is 0.0254. The van der Waals surface area contributed by atoms with Gasteiger partial charge in [0.05, 0.1) is 0 Å². The molecule has 0 heterocycles. The van der Waals surface area contributed by atoms with Gasteiger partial charge in [-0.05, 0) is 37.0 Å². The molecule has 0 amide bonds. The zero-order chi connectivity index (χ0) is 16.0. The molecule has 1 saturated carbocycles. The van der Waals surface area contributed by atoms with Crippen LogP contribution in [0.25, 0.3) is 0 Å². The van der Waals surface area contributed by atoms with Crippen molar-refractivity contribution in [2.75, 3.05) is 0 Å². The fourth-order valence-corrected chi connectivity index (χ4v) is 3.12. The molecule has 2 aromatic rings. The summed E-state index contributed by atoms with van der Waals surface area (Å²) >= 11 is 0. The highest BCUT2D eigenvalue weighted by Crippen LogP contribution is 2.28. The molecule has 2 aromatic carbocycles. The molecule has 0 radical (unpaired) electrons. The molecule has 2 nitrogen and oxygen atoms in total. The molecule has 1 fully saturated rings. The van der Waals surface area contributed by atoms with Gasteiger partial charge in [-0.3, -0.25) is 0 Å². The van der Waals surface area contributed by atoms with Crippen LogP contribution in [0.1, 0.15) is 36.8 Å². The van der Waals surface area contributed by atoms with Crippen LogP contribution in [-0.2, 0) is 6.54 Å². The van der Waals surface area contributed by atoms with Gasteiger partial charge in [0, 0.05) is 18.2 Å². The molecule has 0 bridgehead atoms. The molecule has 1 aliphatic rings. The molecule has 3 heteroatoms. The number of nitrogens with one attached hydrogen (secondary N) is 1. The predicted octanol–water partition coefficient (Wildman–Crippen LogP) is 4.08. The van der Waals surface area contributed by atoms with Crippen LogP contribution in [0.15, 0.2) is 60.7 Å². The molecule has 0 spiro atoms. The summed E-state index contributed by atoms with van der Waals surface area (Å²) < 4.78 is 0. The summed E-state index contributed by atoms with van der Waals surface area (Å²) in [7, 11) is 0. The Morgan fingerprint density at radius 1 is 1.00 bits per heavy atom. The van der Waals surface area contributed by atoms with Crippen molar-refractivity contribution in [3.05, 3.63) is 71.8 Å². The minimum absolute atomic E-state index is 0. The fraction of sp³-hybridized carbons (Fsp3) is 0.333. The molecule has 0 saturated heterocycles.